The van der Waals surface area contributed by atoms with E-state index in [9.17, 15) is 4.79 Å². The minimum Gasteiger partial charge on any atom is -0.494 e. The molecule has 0 aromatic heterocycles. The van der Waals surface area contributed by atoms with Gasteiger partial charge in [-0.3, -0.25) is 4.79 Å². The van der Waals surface area contributed by atoms with Gasteiger partial charge in [0.25, 0.3) is 0 Å². The molecule has 2 N–H and O–H groups in total. The predicted octanol–water partition coefficient (Wildman–Crippen LogP) is 1.29. The Morgan fingerprint density at radius 3 is 2.61 bits per heavy atom. The van der Waals surface area contributed by atoms with E-state index in [1.165, 1.54) is 0 Å². The van der Waals surface area contributed by atoms with Crippen molar-refractivity contribution >= 4 is 5.91 Å². The second-order valence-electron chi connectivity index (χ2n) is 4.41. The summed E-state index contributed by atoms with van der Waals surface area (Å²) in [5.74, 6) is 0.704. The fraction of sp³-hybridized carbons (Fsp3) is 0.500. The maximum absolute atomic E-state index is 12.0. The Kier molecular flexibility index (Phi) is 5.65. The Morgan fingerprint density at radius 2 is 2.06 bits per heavy atom. The number of nitrogens with two attached hydrogens (primary N) is 1. The van der Waals surface area contributed by atoms with Gasteiger partial charge in [0, 0.05) is 20.6 Å². The maximum Gasteiger partial charge on any atom is 0.226 e. The van der Waals surface area contributed by atoms with E-state index >= 15 is 0 Å². The molecular formula is C14H22N2O2. The van der Waals surface area contributed by atoms with Crippen LogP contribution in [0, 0.1) is 5.92 Å². The van der Waals surface area contributed by atoms with Crippen LogP contribution in [0.4, 0.5) is 0 Å². The lowest BCUT2D eigenvalue weighted by atomic mass is 9.97. The third-order valence-corrected chi connectivity index (χ3v) is 2.81. The van der Waals surface area contributed by atoms with Gasteiger partial charge in [-0.05, 0) is 25.0 Å². The Morgan fingerprint density at radius 1 is 1.39 bits per heavy atom. The molecule has 0 fully saturated rings. The summed E-state index contributed by atoms with van der Waals surface area (Å²) in [5, 5.41) is 0. The number of carbonyl (C=O) groups excluding carboxylic acids is 1. The van der Waals surface area contributed by atoms with Crippen LogP contribution in [-0.2, 0) is 11.2 Å². The fourth-order valence-electron chi connectivity index (χ4n) is 1.87. The number of carbonyl (C=O) groups is 1. The van der Waals surface area contributed by atoms with E-state index in [1.54, 1.807) is 19.0 Å². The number of para-hydroxylation sites is 1. The topological polar surface area (TPSA) is 55.6 Å². The largest absolute Gasteiger partial charge is 0.494 e. The second kappa shape index (κ2) is 7.01. The summed E-state index contributed by atoms with van der Waals surface area (Å²) in [7, 11) is 3.50. The number of amides is 1. The van der Waals surface area contributed by atoms with Crippen molar-refractivity contribution in [2.24, 2.45) is 11.7 Å². The lowest BCUT2D eigenvalue weighted by Gasteiger charge is -2.20. The monoisotopic (exact) mass is 250 g/mol. The SMILES string of the molecule is CCOc1ccccc1CC(CN)C(=O)N(C)C. The standard InChI is InChI=1S/C14H22N2O2/c1-4-18-13-8-6-5-7-11(13)9-12(10-15)14(17)16(2)3/h5-8,12H,4,9-10,15H2,1-3H3. The molecule has 1 rings (SSSR count). The van der Waals surface area contributed by atoms with E-state index in [0.29, 0.717) is 19.6 Å². The zero-order valence-corrected chi connectivity index (χ0v) is 11.3. The summed E-state index contributed by atoms with van der Waals surface area (Å²) in [6.07, 6.45) is 0.615. The van der Waals surface area contributed by atoms with Crippen LogP contribution in [0.25, 0.3) is 0 Å². The summed E-state index contributed by atoms with van der Waals surface area (Å²) in [6, 6.07) is 7.79. The molecule has 100 valence electrons. The Bertz CT molecular complexity index is 391. The maximum atomic E-state index is 12.0. The summed E-state index contributed by atoms with van der Waals surface area (Å²) in [6.45, 7) is 2.91. The lowest BCUT2D eigenvalue weighted by Crippen LogP contribution is -2.35. The van der Waals surface area contributed by atoms with E-state index in [-0.39, 0.29) is 11.8 Å². The first-order valence-corrected chi connectivity index (χ1v) is 6.22. The van der Waals surface area contributed by atoms with E-state index < -0.39 is 0 Å². The molecule has 1 atom stereocenters. The highest BCUT2D eigenvalue weighted by Gasteiger charge is 2.20. The second-order valence-corrected chi connectivity index (χ2v) is 4.41. The fourth-order valence-corrected chi connectivity index (χ4v) is 1.87. The van der Waals surface area contributed by atoms with Crippen molar-refractivity contribution in [1.82, 2.24) is 4.90 Å². The molecule has 0 bridgehead atoms. The number of benzene rings is 1. The van der Waals surface area contributed by atoms with Crippen LogP contribution in [0.2, 0.25) is 0 Å². The van der Waals surface area contributed by atoms with Crippen LogP contribution in [0.5, 0.6) is 5.75 Å². The summed E-state index contributed by atoms with van der Waals surface area (Å²) >= 11 is 0. The van der Waals surface area contributed by atoms with Crippen LogP contribution in [0.15, 0.2) is 24.3 Å². The van der Waals surface area contributed by atoms with Crippen LogP contribution in [-0.4, -0.2) is 38.1 Å². The Hall–Kier alpha value is -1.55. The molecule has 0 aliphatic carbocycles. The highest BCUT2D eigenvalue weighted by Crippen LogP contribution is 2.21. The summed E-state index contributed by atoms with van der Waals surface area (Å²) < 4.78 is 5.56. The number of hydrogen-bond donors (Lipinski definition) is 1. The van der Waals surface area contributed by atoms with Gasteiger partial charge in [0.15, 0.2) is 0 Å². The van der Waals surface area contributed by atoms with Gasteiger partial charge in [0.05, 0.1) is 12.5 Å². The molecule has 1 aromatic carbocycles. The Balaban J connectivity index is 2.84. The quantitative estimate of drug-likeness (QED) is 0.827. The van der Waals surface area contributed by atoms with E-state index in [2.05, 4.69) is 0 Å². The summed E-state index contributed by atoms with van der Waals surface area (Å²) in [4.78, 5) is 13.5. The molecule has 1 aromatic rings. The molecule has 0 radical (unpaired) electrons. The van der Waals surface area contributed by atoms with Gasteiger partial charge >= 0.3 is 0 Å². The predicted molar refractivity (Wildman–Crippen MR) is 72.6 cm³/mol. The van der Waals surface area contributed by atoms with Crippen LogP contribution < -0.4 is 10.5 Å². The van der Waals surface area contributed by atoms with Crippen LogP contribution in [0.3, 0.4) is 0 Å². The highest BCUT2D eigenvalue weighted by molar-refractivity contribution is 5.79. The van der Waals surface area contributed by atoms with Gasteiger partial charge in [0.1, 0.15) is 5.75 Å². The van der Waals surface area contributed by atoms with Gasteiger partial charge in [-0.2, -0.15) is 0 Å². The molecule has 0 spiro atoms. The zero-order chi connectivity index (χ0) is 13.5. The van der Waals surface area contributed by atoms with Crippen molar-refractivity contribution in [3.63, 3.8) is 0 Å². The lowest BCUT2D eigenvalue weighted by molar-refractivity contribution is -0.132. The third kappa shape index (κ3) is 3.74. The zero-order valence-electron chi connectivity index (χ0n) is 11.3. The third-order valence-electron chi connectivity index (χ3n) is 2.81. The van der Waals surface area contributed by atoms with Gasteiger partial charge < -0.3 is 15.4 Å². The molecule has 4 heteroatoms. The van der Waals surface area contributed by atoms with E-state index in [0.717, 1.165) is 11.3 Å². The van der Waals surface area contributed by atoms with E-state index in [4.69, 9.17) is 10.5 Å². The van der Waals surface area contributed by atoms with Crippen molar-refractivity contribution in [3.8, 4) is 5.75 Å². The van der Waals surface area contributed by atoms with Crippen molar-refractivity contribution in [1.29, 1.82) is 0 Å². The number of ether oxygens (including phenoxy) is 1. The molecule has 1 amide bonds. The van der Waals surface area contributed by atoms with Gasteiger partial charge in [-0.25, -0.2) is 0 Å². The molecular weight excluding hydrogens is 228 g/mol. The van der Waals surface area contributed by atoms with Crippen molar-refractivity contribution in [2.45, 2.75) is 13.3 Å². The number of rotatable bonds is 6. The number of nitrogens with zero attached hydrogens (tertiary/aromatic N) is 1. The number of hydrogen-bond acceptors (Lipinski definition) is 3. The molecule has 1 unspecified atom stereocenters. The first kappa shape index (κ1) is 14.5. The average molecular weight is 250 g/mol. The smallest absolute Gasteiger partial charge is 0.226 e. The van der Waals surface area contributed by atoms with E-state index in [1.807, 2.05) is 31.2 Å². The molecule has 4 nitrogen and oxygen atoms in total. The van der Waals surface area contributed by atoms with Gasteiger partial charge in [0.2, 0.25) is 5.91 Å². The first-order chi connectivity index (χ1) is 8.60. The van der Waals surface area contributed by atoms with Crippen molar-refractivity contribution in [2.75, 3.05) is 27.2 Å². The van der Waals surface area contributed by atoms with Crippen molar-refractivity contribution < 1.29 is 9.53 Å². The minimum atomic E-state index is -0.193. The Labute approximate surface area is 109 Å². The first-order valence-electron chi connectivity index (χ1n) is 6.22. The minimum absolute atomic E-state index is 0.0591. The van der Waals surface area contributed by atoms with Crippen LogP contribution >= 0.6 is 0 Å². The van der Waals surface area contributed by atoms with Gasteiger partial charge in [-0.1, -0.05) is 18.2 Å². The van der Waals surface area contributed by atoms with Crippen LogP contribution in [0.1, 0.15) is 12.5 Å². The van der Waals surface area contributed by atoms with Gasteiger partial charge in [-0.15, -0.1) is 0 Å². The highest BCUT2D eigenvalue weighted by atomic mass is 16.5. The molecule has 0 heterocycles. The average Bonchev–Trinajstić information content (AvgIpc) is 2.37. The molecule has 0 saturated carbocycles. The molecule has 0 aliphatic rings. The summed E-state index contributed by atoms with van der Waals surface area (Å²) in [5.41, 5.74) is 6.73. The normalized spacial score (nSPS) is 12.0. The van der Waals surface area contributed by atoms with Crippen molar-refractivity contribution in [3.05, 3.63) is 29.8 Å². The molecule has 18 heavy (non-hydrogen) atoms. The molecule has 0 aliphatic heterocycles. The molecule has 0 saturated heterocycles.